The first-order chi connectivity index (χ1) is 18.5. The zero-order chi connectivity index (χ0) is 28.0. The minimum atomic E-state index is -1.98. The van der Waals surface area contributed by atoms with Crippen LogP contribution in [0.3, 0.4) is 0 Å². The van der Waals surface area contributed by atoms with E-state index in [1.54, 1.807) is 36.4 Å². The van der Waals surface area contributed by atoms with Crippen molar-refractivity contribution in [2.24, 2.45) is 17.8 Å². The molecule has 0 radical (unpaired) electrons. The molecule has 6 atom stereocenters. The fourth-order valence-electron chi connectivity index (χ4n) is 6.70. The van der Waals surface area contributed by atoms with Crippen LogP contribution in [0.25, 0.3) is 0 Å². The van der Waals surface area contributed by atoms with Crippen LogP contribution in [0.2, 0.25) is 5.02 Å². The van der Waals surface area contributed by atoms with Crippen LogP contribution in [0, 0.1) is 17.8 Å². The van der Waals surface area contributed by atoms with Gasteiger partial charge in [0.2, 0.25) is 11.8 Å². The van der Waals surface area contributed by atoms with Crippen LogP contribution in [0.15, 0.2) is 58.6 Å². The third-order valence-corrected chi connectivity index (χ3v) is 11.1. The summed E-state index contributed by atoms with van der Waals surface area (Å²) in [6.07, 6.45) is 1.92. The Morgan fingerprint density at radius 3 is 2.33 bits per heavy atom. The number of hydrogen-bond acceptors (Lipinski definition) is 5. The highest BCUT2D eigenvalue weighted by Crippen LogP contribution is 2.66. The second-order valence-electron chi connectivity index (χ2n) is 10.2. The summed E-state index contributed by atoms with van der Waals surface area (Å²) in [4.78, 5) is 53.1. The number of benzene rings is 2. The lowest BCUT2D eigenvalue weighted by molar-refractivity contribution is -0.138. The monoisotopic (exact) mass is 714 g/mol. The van der Waals surface area contributed by atoms with E-state index in [4.69, 9.17) is 34.8 Å². The van der Waals surface area contributed by atoms with Gasteiger partial charge in [0.25, 0.3) is 11.8 Å². The number of rotatable bonds is 3. The van der Waals surface area contributed by atoms with Crippen molar-refractivity contribution < 1.29 is 24.3 Å². The standard InChI is InChI=1S/C27H19Br2Cl3N2O5/c28-11-33-24(38)26(31)10-18-15(21(27(26,32)25(33)39)17-9-12(29)1-8-19(17)35)6-7-16-20(18)23(37)34(22(16)36)14-4-2-13(30)3-5-14/h1-6,8-9,16,18,20-21,35H,7,10-11H2. The summed E-state index contributed by atoms with van der Waals surface area (Å²) in [5, 5.41) is 11.4. The fourth-order valence-corrected chi connectivity index (χ4v) is 8.62. The number of anilines is 1. The Labute approximate surface area is 255 Å². The number of imide groups is 2. The van der Waals surface area contributed by atoms with Crippen molar-refractivity contribution in [1.29, 1.82) is 0 Å². The van der Waals surface area contributed by atoms with Gasteiger partial charge in [0.15, 0.2) is 9.75 Å². The lowest BCUT2D eigenvalue weighted by Gasteiger charge is -2.50. The van der Waals surface area contributed by atoms with Gasteiger partial charge in [0.05, 0.1) is 23.0 Å². The van der Waals surface area contributed by atoms with E-state index in [0.29, 0.717) is 26.3 Å². The minimum Gasteiger partial charge on any atom is -0.508 e. The number of carbonyl (C=O) groups excluding carboxylic acids is 4. The molecule has 6 rings (SSSR count). The van der Waals surface area contributed by atoms with E-state index in [0.717, 1.165) is 9.80 Å². The molecule has 3 fully saturated rings. The van der Waals surface area contributed by atoms with Crippen LogP contribution >= 0.6 is 66.7 Å². The van der Waals surface area contributed by atoms with E-state index in [1.807, 2.05) is 6.08 Å². The van der Waals surface area contributed by atoms with Gasteiger partial charge in [-0.3, -0.25) is 29.0 Å². The molecule has 6 unspecified atom stereocenters. The molecule has 4 aliphatic rings. The first-order valence-corrected chi connectivity index (χ1v) is 15.1. The summed E-state index contributed by atoms with van der Waals surface area (Å²) in [5.41, 5.74) is 1.17. The summed E-state index contributed by atoms with van der Waals surface area (Å²) in [5.74, 6) is -5.52. The molecule has 2 aromatic carbocycles. The molecule has 1 N–H and O–H groups in total. The van der Waals surface area contributed by atoms with Crippen LogP contribution in [0.1, 0.15) is 24.3 Å². The predicted molar refractivity (Wildman–Crippen MR) is 153 cm³/mol. The summed E-state index contributed by atoms with van der Waals surface area (Å²) in [6.45, 7) is 0. The predicted octanol–water partition coefficient (Wildman–Crippen LogP) is 5.72. The van der Waals surface area contributed by atoms with Gasteiger partial charge in [-0.25, -0.2) is 0 Å². The smallest absolute Gasteiger partial charge is 0.254 e. The molecule has 0 spiro atoms. The highest BCUT2D eigenvalue weighted by molar-refractivity contribution is 9.10. The molecule has 2 saturated heterocycles. The van der Waals surface area contributed by atoms with E-state index in [2.05, 4.69) is 31.9 Å². The third-order valence-electron chi connectivity index (χ3n) is 8.40. The second-order valence-corrected chi connectivity index (χ2v) is 13.3. The highest BCUT2D eigenvalue weighted by atomic mass is 79.9. The maximum atomic E-state index is 13.9. The quantitative estimate of drug-likeness (QED) is 0.190. The summed E-state index contributed by atoms with van der Waals surface area (Å²) in [7, 11) is 0. The topological polar surface area (TPSA) is 95.0 Å². The van der Waals surface area contributed by atoms with Crippen molar-refractivity contribution >= 4 is 96.0 Å². The molecule has 39 heavy (non-hydrogen) atoms. The molecule has 4 amide bonds. The molecule has 2 aliphatic heterocycles. The molecular formula is C27H19Br2Cl3N2O5. The molecule has 0 bridgehead atoms. The van der Waals surface area contributed by atoms with Gasteiger partial charge in [0.1, 0.15) is 5.75 Å². The zero-order valence-corrected chi connectivity index (χ0v) is 25.4. The van der Waals surface area contributed by atoms with Gasteiger partial charge < -0.3 is 5.11 Å². The average Bonchev–Trinajstić information content (AvgIpc) is 3.24. The number of carbonyl (C=O) groups is 4. The van der Waals surface area contributed by atoms with Gasteiger partial charge in [0, 0.05) is 21.0 Å². The van der Waals surface area contributed by atoms with E-state index in [9.17, 15) is 24.3 Å². The number of amides is 4. The largest absolute Gasteiger partial charge is 0.508 e. The van der Waals surface area contributed by atoms with Crippen molar-refractivity contribution in [2.45, 2.75) is 28.5 Å². The normalized spacial score (nSPS) is 33.7. The molecular weight excluding hydrogens is 698 g/mol. The fraction of sp³-hybridized carbons (Fsp3) is 0.333. The number of likely N-dealkylation sites (tertiary alicyclic amines) is 1. The van der Waals surface area contributed by atoms with Gasteiger partial charge in [-0.2, -0.15) is 0 Å². The number of aromatic hydroxyl groups is 1. The highest BCUT2D eigenvalue weighted by Gasteiger charge is 2.76. The Morgan fingerprint density at radius 1 is 0.974 bits per heavy atom. The van der Waals surface area contributed by atoms with Gasteiger partial charge in [-0.15, -0.1) is 23.2 Å². The number of phenols is 1. The van der Waals surface area contributed by atoms with Crippen molar-refractivity contribution in [3.63, 3.8) is 0 Å². The maximum absolute atomic E-state index is 13.9. The van der Waals surface area contributed by atoms with Crippen LogP contribution in [0.4, 0.5) is 5.69 Å². The molecule has 2 heterocycles. The van der Waals surface area contributed by atoms with Gasteiger partial charge in [-0.1, -0.05) is 55.1 Å². The Morgan fingerprint density at radius 2 is 1.67 bits per heavy atom. The third kappa shape index (κ3) is 3.59. The number of phenolic OH excluding ortho intramolecular Hbond substituents is 1. The van der Waals surface area contributed by atoms with Crippen molar-refractivity contribution in [3.8, 4) is 5.75 Å². The molecule has 1 saturated carbocycles. The number of halogens is 5. The van der Waals surface area contributed by atoms with E-state index in [1.165, 1.54) is 6.07 Å². The molecule has 0 aromatic heterocycles. The van der Waals surface area contributed by atoms with E-state index >= 15 is 0 Å². The number of alkyl halides is 3. The summed E-state index contributed by atoms with van der Waals surface area (Å²) in [6, 6.07) is 11.1. The molecule has 2 aliphatic carbocycles. The number of nitrogens with zero attached hydrogens (tertiary/aromatic N) is 2. The Kier molecular flexibility index (Phi) is 6.51. The van der Waals surface area contributed by atoms with Crippen molar-refractivity contribution in [2.75, 3.05) is 10.4 Å². The summed E-state index contributed by atoms with van der Waals surface area (Å²) < 4.78 is 0.613. The van der Waals surface area contributed by atoms with Crippen LogP contribution in [-0.2, 0) is 19.2 Å². The van der Waals surface area contributed by atoms with Gasteiger partial charge >= 0.3 is 0 Å². The summed E-state index contributed by atoms with van der Waals surface area (Å²) >= 11 is 27.0. The Bertz CT molecular complexity index is 1500. The van der Waals surface area contributed by atoms with Crippen LogP contribution in [-0.4, -0.2) is 48.8 Å². The molecule has 202 valence electrons. The van der Waals surface area contributed by atoms with Crippen molar-refractivity contribution in [3.05, 3.63) is 69.2 Å². The number of fused-ring (bicyclic) bond motifs is 4. The lowest BCUT2D eigenvalue weighted by Crippen LogP contribution is -2.60. The van der Waals surface area contributed by atoms with Crippen LogP contribution in [0.5, 0.6) is 5.75 Å². The van der Waals surface area contributed by atoms with E-state index in [-0.39, 0.29) is 30.0 Å². The second kappa shape index (κ2) is 9.31. The number of hydrogen-bond donors (Lipinski definition) is 1. The van der Waals surface area contributed by atoms with Gasteiger partial charge in [-0.05, 0) is 61.2 Å². The lowest BCUT2D eigenvalue weighted by atomic mass is 9.56. The molecule has 7 nitrogen and oxygen atoms in total. The maximum Gasteiger partial charge on any atom is 0.254 e. The molecule has 12 heteroatoms. The zero-order valence-electron chi connectivity index (χ0n) is 19.9. The van der Waals surface area contributed by atoms with Crippen LogP contribution < -0.4 is 4.90 Å². The first-order valence-electron chi connectivity index (χ1n) is 12.1. The van der Waals surface area contributed by atoms with Crippen molar-refractivity contribution in [1.82, 2.24) is 4.90 Å². The average molecular weight is 718 g/mol. The first kappa shape index (κ1) is 27.3. The molecule has 2 aromatic rings. The number of allylic oxidation sites excluding steroid dienone is 2. The Hall–Kier alpha value is -1.91. The SMILES string of the molecule is O=C1C2CC=C3C(CC4(Cl)C(=O)N(CBr)C(=O)C4(Cl)C3c3cc(Br)ccc3O)C2C(=O)N1c1ccc(Cl)cc1. The Balaban J connectivity index is 1.53. The van der Waals surface area contributed by atoms with E-state index < -0.39 is 51.1 Å². The minimum absolute atomic E-state index is 0.123.